The van der Waals surface area contributed by atoms with Gasteiger partial charge in [0.25, 0.3) is 0 Å². The predicted molar refractivity (Wildman–Crippen MR) is 128 cm³/mol. The van der Waals surface area contributed by atoms with Crippen molar-refractivity contribution in [3.63, 3.8) is 0 Å². The first kappa shape index (κ1) is 19.9. The average Bonchev–Trinajstić information content (AvgIpc) is 3.25. The van der Waals surface area contributed by atoms with Gasteiger partial charge in [-0.05, 0) is 42.0 Å². The SMILES string of the molecule is CN(/N=C/c1ccc(Br)cc1)c1nc(-c2ccc(Sc3ccccc3)cc2)cs1. The van der Waals surface area contributed by atoms with Crippen LogP contribution in [0.2, 0.25) is 0 Å². The zero-order valence-corrected chi connectivity index (χ0v) is 18.9. The van der Waals surface area contributed by atoms with Crippen LogP contribution in [-0.2, 0) is 0 Å². The highest BCUT2D eigenvalue weighted by atomic mass is 79.9. The van der Waals surface area contributed by atoms with Gasteiger partial charge in [-0.25, -0.2) is 9.99 Å². The molecule has 3 aromatic carbocycles. The van der Waals surface area contributed by atoms with Crippen molar-refractivity contribution in [2.24, 2.45) is 5.10 Å². The van der Waals surface area contributed by atoms with E-state index in [1.165, 1.54) is 9.79 Å². The molecule has 0 fully saturated rings. The van der Waals surface area contributed by atoms with E-state index in [1.54, 1.807) is 28.1 Å². The third kappa shape index (κ3) is 5.35. The van der Waals surface area contributed by atoms with Crippen molar-refractivity contribution in [3.05, 3.63) is 94.3 Å². The largest absolute Gasteiger partial charge is 0.242 e. The lowest BCUT2D eigenvalue weighted by Gasteiger charge is -2.08. The summed E-state index contributed by atoms with van der Waals surface area (Å²) in [4.78, 5) is 7.19. The Labute approximate surface area is 187 Å². The van der Waals surface area contributed by atoms with Crippen molar-refractivity contribution >= 4 is 50.4 Å². The number of aromatic nitrogens is 1. The van der Waals surface area contributed by atoms with Gasteiger partial charge in [0.05, 0.1) is 11.9 Å². The topological polar surface area (TPSA) is 28.5 Å². The lowest BCUT2D eigenvalue weighted by Crippen LogP contribution is -2.08. The molecule has 0 atom stereocenters. The van der Waals surface area contributed by atoms with Crippen molar-refractivity contribution in [3.8, 4) is 11.3 Å². The molecule has 0 N–H and O–H groups in total. The van der Waals surface area contributed by atoms with E-state index in [-0.39, 0.29) is 0 Å². The lowest BCUT2D eigenvalue weighted by molar-refractivity contribution is 1.01. The molecule has 0 aliphatic rings. The van der Waals surface area contributed by atoms with Crippen molar-refractivity contribution in [1.82, 2.24) is 4.98 Å². The smallest absolute Gasteiger partial charge is 0.206 e. The van der Waals surface area contributed by atoms with E-state index in [0.717, 1.165) is 26.4 Å². The fraction of sp³-hybridized carbons (Fsp3) is 0.0435. The van der Waals surface area contributed by atoms with Gasteiger partial charge in [0.2, 0.25) is 5.13 Å². The van der Waals surface area contributed by atoms with Gasteiger partial charge >= 0.3 is 0 Å². The number of rotatable bonds is 6. The normalized spacial score (nSPS) is 11.1. The van der Waals surface area contributed by atoms with Crippen LogP contribution in [0, 0.1) is 0 Å². The summed E-state index contributed by atoms with van der Waals surface area (Å²) in [6, 6.07) is 27.0. The molecule has 3 nitrogen and oxygen atoms in total. The summed E-state index contributed by atoms with van der Waals surface area (Å²) < 4.78 is 1.06. The molecule has 0 aliphatic heterocycles. The summed E-state index contributed by atoms with van der Waals surface area (Å²) in [5.41, 5.74) is 3.12. The Morgan fingerprint density at radius 1 is 0.931 bits per heavy atom. The summed E-state index contributed by atoms with van der Waals surface area (Å²) >= 11 is 6.79. The quantitative estimate of drug-likeness (QED) is 0.216. The van der Waals surface area contributed by atoms with Crippen LogP contribution in [0.1, 0.15) is 5.56 Å². The van der Waals surface area contributed by atoms with Crippen molar-refractivity contribution in [1.29, 1.82) is 0 Å². The Balaban J connectivity index is 1.43. The summed E-state index contributed by atoms with van der Waals surface area (Å²) in [7, 11) is 1.91. The molecular weight excluding hydrogens is 462 g/mol. The summed E-state index contributed by atoms with van der Waals surface area (Å²) in [5, 5.41) is 9.23. The van der Waals surface area contributed by atoms with Crippen molar-refractivity contribution in [2.45, 2.75) is 9.79 Å². The molecule has 0 amide bonds. The summed E-state index contributed by atoms with van der Waals surface area (Å²) in [6.07, 6.45) is 1.84. The second-order valence-corrected chi connectivity index (χ2v) is 9.17. The number of hydrazone groups is 1. The summed E-state index contributed by atoms with van der Waals surface area (Å²) in [6.45, 7) is 0. The Hall–Kier alpha value is -2.41. The lowest BCUT2D eigenvalue weighted by atomic mass is 10.2. The molecule has 4 aromatic rings. The van der Waals surface area contributed by atoms with Gasteiger partial charge in [-0.1, -0.05) is 70.2 Å². The van der Waals surface area contributed by atoms with E-state index in [9.17, 15) is 0 Å². The Morgan fingerprint density at radius 3 is 2.34 bits per heavy atom. The van der Waals surface area contributed by atoms with Crippen LogP contribution >= 0.6 is 39.0 Å². The van der Waals surface area contributed by atoms with E-state index < -0.39 is 0 Å². The van der Waals surface area contributed by atoms with E-state index in [1.807, 2.05) is 43.6 Å². The fourth-order valence-electron chi connectivity index (χ4n) is 2.62. The number of anilines is 1. The van der Waals surface area contributed by atoms with Crippen molar-refractivity contribution < 1.29 is 0 Å². The molecule has 4 rings (SSSR count). The molecular formula is C23H18BrN3S2. The molecule has 0 spiro atoms. The van der Waals surface area contributed by atoms with E-state index >= 15 is 0 Å². The maximum absolute atomic E-state index is 4.74. The number of hydrogen-bond donors (Lipinski definition) is 0. The number of thiazole rings is 1. The van der Waals surface area contributed by atoms with Gasteiger partial charge in [-0.2, -0.15) is 5.10 Å². The highest BCUT2D eigenvalue weighted by Crippen LogP contribution is 2.31. The first-order valence-corrected chi connectivity index (χ1v) is 11.5. The maximum Gasteiger partial charge on any atom is 0.206 e. The highest BCUT2D eigenvalue weighted by molar-refractivity contribution is 9.10. The van der Waals surface area contributed by atoms with Gasteiger partial charge in [0.1, 0.15) is 0 Å². The fourth-order valence-corrected chi connectivity index (χ4v) is 4.47. The molecule has 6 heteroatoms. The van der Waals surface area contributed by atoms with Crippen molar-refractivity contribution in [2.75, 3.05) is 12.1 Å². The number of halogens is 1. The molecule has 0 radical (unpaired) electrons. The minimum absolute atomic E-state index is 0.857. The molecule has 0 saturated heterocycles. The van der Waals surface area contributed by atoms with Crippen LogP contribution in [0.3, 0.4) is 0 Å². The minimum Gasteiger partial charge on any atom is -0.242 e. The molecule has 0 saturated carbocycles. The monoisotopic (exact) mass is 479 g/mol. The standard InChI is InChI=1S/C23H18BrN3S2/c1-27(25-15-17-7-11-19(24)12-8-17)23-26-22(16-28-23)18-9-13-21(14-10-18)29-20-5-3-2-4-6-20/h2-16H,1H3/b25-15+. The summed E-state index contributed by atoms with van der Waals surface area (Å²) in [5.74, 6) is 0. The van der Waals surface area contributed by atoms with Gasteiger partial charge in [0.15, 0.2) is 0 Å². The number of nitrogens with zero attached hydrogens (tertiary/aromatic N) is 3. The van der Waals surface area contributed by atoms with Crippen LogP contribution in [0.4, 0.5) is 5.13 Å². The maximum atomic E-state index is 4.74. The van der Waals surface area contributed by atoms with Gasteiger partial charge in [-0.3, -0.25) is 0 Å². The van der Waals surface area contributed by atoms with E-state index in [2.05, 4.69) is 74.9 Å². The first-order valence-electron chi connectivity index (χ1n) is 8.99. The predicted octanol–water partition coefficient (Wildman–Crippen LogP) is 7.19. The highest BCUT2D eigenvalue weighted by Gasteiger charge is 2.08. The molecule has 29 heavy (non-hydrogen) atoms. The molecule has 1 heterocycles. The van der Waals surface area contributed by atoms with E-state index in [0.29, 0.717) is 0 Å². The second kappa shape index (κ2) is 9.39. The number of hydrogen-bond acceptors (Lipinski definition) is 5. The van der Waals surface area contributed by atoms with Gasteiger partial charge in [0, 0.05) is 32.3 Å². The molecule has 144 valence electrons. The number of benzene rings is 3. The third-order valence-corrected chi connectivity index (χ3v) is 6.60. The third-order valence-electron chi connectivity index (χ3n) is 4.15. The van der Waals surface area contributed by atoms with Gasteiger partial charge in [-0.15, -0.1) is 11.3 Å². The molecule has 0 unspecified atom stereocenters. The molecule has 0 aliphatic carbocycles. The Kier molecular flexibility index (Phi) is 6.44. The Bertz CT molecular complexity index is 1090. The second-order valence-electron chi connectivity index (χ2n) is 6.27. The van der Waals surface area contributed by atoms with E-state index in [4.69, 9.17) is 4.98 Å². The van der Waals surface area contributed by atoms with Gasteiger partial charge < -0.3 is 0 Å². The van der Waals surface area contributed by atoms with Crippen LogP contribution in [-0.4, -0.2) is 18.2 Å². The first-order chi connectivity index (χ1) is 14.2. The molecule has 1 aromatic heterocycles. The van der Waals surface area contributed by atoms with Crippen LogP contribution in [0.25, 0.3) is 11.3 Å². The van der Waals surface area contributed by atoms with Crippen LogP contribution < -0.4 is 5.01 Å². The molecule has 0 bridgehead atoms. The minimum atomic E-state index is 0.857. The Morgan fingerprint density at radius 2 is 1.62 bits per heavy atom. The zero-order chi connectivity index (χ0) is 20.1. The van der Waals surface area contributed by atoms with Crippen LogP contribution in [0.5, 0.6) is 0 Å². The average molecular weight is 480 g/mol. The van der Waals surface area contributed by atoms with Crippen LogP contribution in [0.15, 0.2) is 104 Å². The zero-order valence-electron chi connectivity index (χ0n) is 15.7.